The number of carbonyl (C=O) groups is 2. The molecule has 3 aliphatic rings. The van der Waals surface area contributed by atoms with Crippen LogP contribution in [0.15, 0.2) is 55.0 Å². The highest BCUT2D eigenvalue weighted by atomic mass is 35.5. The molecule has 1 unspecified atom stereocenters. The number of fused-ring (bicyclic) bond motifs is 4. The van der Waals surface area contributed by atoms with Crippen LogP contribution in [0.4, 0.5) is 5.69 Å². The highest BCUT2D eigenvalue weighted by Gasteiger charge is 2.38. The number of aryl methyl sites for hydroxylation is 5. The van der Waals surface area contributed by atoms with E-state index in [0.717, 1.165) is 129 Å². The van der Waals surface area contributed by atoms with E-state index < -0.39 is 0 Å². The summed E-state index contributed by atoms with van der Waals surface area (Å²) >= 11 is 13.9. The Morgan fingerprint density at radius 2 is 1.61 bits per heavy atom. The van der Waals surface area contributed by atoms with Crippen molar-refractivity contribution in [1.82, 2.24) is 48.6 Å². The van der Waals surface area contributed by atoms with Gasteiger partial charge in [0.15, 0.2) is 5.82 Å². The maximum Gasteiger partial charge on any atom is 0.275 e. The second kappa shape index (κ2) is 20.9. The van der Waals surface area contributed by atoms with Gasteiger partial charge in [-0.25, -0.2) is 15.0 Å². The number of hydrogen-bond donors (Lipinski definition) is 0. The molecule has 0 aliphatic carbocycles. The Balaban J connectivity index is 1.07. The molecule has 1 atom stereocenters. The summed E-state index contributed by atoms with van der Waals surface area (Å²) in [7, 11) is 3.51. The molecule has 18 heteroatoms. The van der Waals surface area contributed by atoms with E-state index in [4.69, 9.17) is 52.5 Å². The number of ether oxygens (including phenoxy) is 3. The number of rotatable bonds is 16. The number of halogens is 2. The van der Waals surface area contributed by atoms with Crippen LogP contribution in [0.2, 0.25) is 10.0 Å². The van der Waals surface area contributed by atoms with Crippen LogP contribution in [0.5, 0.6) is 5.75 Å². The maximum atomic E-state index is 15.9. The normalized spacial score (nSPS) is 17.0. The SMILES string of the molecule is COCCn1cnc(-c2ccc3c(c2)c(N2CC(C)n4c(c(CCCOc5cc(C)c(Cl)c(C)c5)c5ccc(Cl)c(-c6c(C)nc(CN7CCN(C)C(=O)C7)nc6C)c54)C2=O)cn3CCN2CCOCC2)n1. The van der Waals surface area contributed by atoms with E-state index in [0.29, 0.717) is 81.1 Å². The lowest BCUT2D eigenvalue weighted by molar-refractivity contribution is -0.134. The predicted octanol–water partition coefficient (Wildman–Crippen LogP) is 8.34. The largest absolute Gasteiger partial charge is 0.494 e. The summed E-state index contributed by atoms with van der Waals surface area (Å²) < 4.78 is 23.6. The third-order valence-electron chi connectivity index (χ3n) is 14.5. The quantitative estimate of drug-likeness (QED) is 0.0863. The Hall–Kier alpha value is -5.88. The monoisotopic (exact) mass is 1020 g/mol. The number of methoxy groups -OCH3 is 1. The van der Waals surface area contributed by atoms with E-state index in [1.807, 2.05) is 57.8 Å². The van der Waals surface area contributed by atoms with Crippen molar-refractivity contribution in [1.29, 1.82) is 0 Å². The number of morpholine rings is 1. The zero-order valence-electron chi connectivity index (χ0n) is 42.3. The molecule has 2 saturated heterocycles. The first-order valence-electron chi connectivity index (χ1n) is 25.0. The minimum absolute atomic E-state index is 0.0843. The Morgan fingerprint density at radius 3 is 2.35 bits per heavy atom. The van der Waals surface area contributed by atoms with Crippen LogP contribution in [-0.4, -0.2) is 147 Å². The summed E-state index contributed by atoms with van der Waals surface area (Å²) in [6.07, 6.45) is 5.09. The molecular formula is C54H63Cl2N11O5. The highest BCUT2D eigenvalue weighted by molar-refractivity contribution is 6.35. The molecule has 0 N–H and O–H groups in total. The molecule has 4 aromatic heterocycles. The van der Waals surface area contributed by atoms with Crippen molar-refractivity contribution in [2.24, 2.45) is 0 Å². The summed E-state index contributed by atoms with van der Waals surface area (Å²) in [5.41, 5.74) is 10.3. The van der Waals surface area contributed by atoms with E-state index >= 15 is 4.79 Å². The molecule has 3 aliphatic heterocycles. The van der Waals surface area contributed by atoms with Crippen LogP contribution in [0.3, 0.4) is 0 Å². The fraction of sp³-hybridized carbons (Fsp3) is 0.444. The number of nitrogens with zero attached hydrogens (tertiary/aromatic N) is 11. The molecule has 7 heterocycles. The Kier molecular flexibility index (Phi) is 14.4. The molecule has 16 nitrogen and oxygen atoms in total. The van der Waals surface area contributed by atoms with Crippen molar-refractivity contribution in [2.45, 2.75) is 73.1 Å². The molecule has 2 fully saturated rings. The molecule has 3 aromatic carbocycles. The van der Waals surface area contributed by atoms with Crippen LogP contribution in [0.25, 0.3) is 44.3 Å². The third-order valence-corrected chi connectivity index (χ3v) is 15.4. The predicted molar refractivity (Wildman–Crippen MR) is 282 cm³/mol. The van der Waals surface area contributed by atoms with Crippen molar-refractivity contribution >= 4 is 62.5 Å². The zero-order valence-corrected chi connectivity index (χ0v) is 43.8. The summed E-state index contributed by atoms with van der Waals surface area (Å²) in [5, 5.41) is 7.97. The summed E-state index contributed by atoms with van der Waals surface area (Å²) in [5.74, 6) is 2.01. The minimum atomic E-state index is -0.175. The van der Waals surface area contributed by atoms with Crippen LogP contribution >= 0.6 is 23.2 Å². The second-order valence-corrected chi connectivity index (χ2v) is 20.3. The number of aromatic nitrogens is 7. The number of carbonyl (C=O) groups excluding carboxylic acids is 2. The van der Waals surface area contributed by atoms with Crippen LogP contribution in [-0.2, 0) is 40.3 Å². The fourth-order valence-electron chi connectivity index (χ4n) is 10.8. The van der Waals surface area contributed by atoms with E-state index in [-0.39, 0.29) is 17.9 Å². The van der Waals surface area contributed by atoms with Gasteiger partial charge in [0.2, 0.25) is 5.91 Å². The molecule has 2 amide bonds. The van der Waals surface area contributed by atoms with E-state index in [1.165, 1.54) is 0 Å². The van der Waals surface area contributed by atoms with E-state index in [1.54, 1.807) is 23.0 Å². The Morgan fingerprint density at radius 1 is 0.847 bits per heavy atom. The summed E-state index contributed by atoms with van der Waals surface area (Å²) in [6.45, 7) is 19.1. The minimum Gasteiger partial charge on any atom is -0.494 e. The maximum absolute atomic E-state index is 15.9. The number of amides is 2. The summed E-state index contributed by atoms with van der Waals surface area (Å²) in [6, 6.07) is 14.1. The molecule has 10 rings (SSSR count). The highest BCUT2D eigenvalue weighted by Crippen LogP contribution is 2.46. The molecule has 7 aromatic rings. The van der Waals surface area contributed by atoms with E-state index in [2.05, 4.69) is 61.3 Å². The van der Waals surface area contributed by atoms with Crippen LogP contribution < -0.4 is 9.64 Å². The molecule has 0 spiro atoms. The summed E-state index contributed by atoms with van der Waals surface area (Å²) in [4.78, 5) is 51.5. The van der Waals surface area contributed by atoms with Gasteiger partial charge in [-0.15, -0.1) is 0 Å². The van der Waals surface area contributed by atoms with Gasteiger partial charge in [-0.2, -0.15) is 5.10 Å². The zero-order chi connectivity index (χ0) is 50.4. The van der Waals surface area contributed by atoms with Crippen molar-refractivity contribution in [3.8, 4) is 28.3 Å². The van der Waals surface area contributed by atoms with Gasteiger partial charge in [-0.3, -0.25) is 24.1 Å². The molecule has 0 radical (unpaired) electrons. The van der Waals surface area contributed by atoms with Crippen molar-refractivity contribution in [3.05, 3.63) is 105 Å². The number of benzene rings is 3. The van der Waals surface area contributed by atoms with Gasteiger partial charge in [-0.1, -0.05) is 29.3 Å². The van der Waals surface area contributed by atoms with Crippen LogP contribution in [0.1, 0.15) is 63.8 Å². The van der Waals surface area contributed by atoms with Gasteiger partial charge in [0.05, 0.1) is 67.8 Å². The number of hydrogen-bond acceptors (Lipinski definition) is 11. The average molecular weight is 1020 g/mol. The second-order valence-electron chi connectivity index (χ2n) is 19.5. The smallest absolute Gasteiger partial charge is 0.275 e. The molecule has 72 heavy (non-hydrogen) atoms. The van der Waals surface area contributed by atoms with Crippen molar-refractivity contribution in [3.63, 3.8) is 0 Å². The lowest BCUT2D eigenvalue weighted by Gasteiger charge is -2.34. The van der Waals surface area contributed by atoms with Gasteiger partial charge >= 0.3 is 0 Å². The number of anilines is 1. The van der Waals surface area contributed by atoms with Gasteiger partial charge in [0, 0.05) is 116 Å². The van der Waals surface area contributed by atoms with Crippen molar-refractivity contribution in [2.75, 3.05) is 91.3 Å². The third kappa shape index (κ3) is 9.72. The van der Waals surface area contributed by atoms with Gasteiger partial charge in [-0.05, 0) is 101 Å². The number of piperazine rings is 1. The fourth-order valence-corrected chi connectivity index (χ4v) is 11.1. The molecular weight excluding hydrogens is 954 g/mol. The first-order valence-corrected chi connectivity index (χ1v) is 25.7. The van der Waals surface area contributed by atoms with Crippen LogP contribution in [0, 0.1) is 27.7 Å². The molecule has 378 valence electrons. The lowest BCUT2D eigenvalue weighted by atomic mass is 9.97. The standard InChI is InChI=1S/C54H63Cl2N11O5/c1-33-25-39(26-34(2)50(33)56)72-21-8-9-40-41-11-12-43(55)49(48-36(4)58-46(59-37(48)5)30-63-15-14-61(6)47(68)31-63)51(41)67-35(3)28-66(54(69)52(40)67)45-29-64(17-16-62-18-23-71-24-19-62)44-13-10-38(27-42(44)45)53-57-32-65(60-53)20-22-70-7/h10-13,25-27,29,32,35H,8-9,14-24,28,30-31H2,1-7H3. The van der Waals surface area contributed by atoms with Gasteiger partial charge < -0.3 is 33.1 Å². The topological polar surface area (TPSA) is 141 Å². The lowest BCUT2D eigenvalue weighted by Crippen LogP contribution is -2.48. The first kappa shape index (κ1) is 49.7. The molecule has 0 bridgehead atoms. The van der Waals surface area contributed by atoms with Gasteiger partial charge in [0.25, 0.3) is 5.91 Å². The Bertz CT molecular complexity index is 3150. The van der Waals surface area contributed by atoms with E-state index in [9.17, 15) is 4.79 Å². The Labute approximate surface area is 430 Å². The average Bonchev–Trinajstić information content (AvgIpc) is 4.08. The first-order chi connectivity index (χ1) is 34.8. The van der Waals surface area contributed by atoms with Crippen molar-refractivity contribution < 1.29 is 23.8 Å². The van der Waals surface area contributed by atoms with Gasteiger partial charge in [0.1, 0.15) is 23.6 Å². The number of likely N-dealkylation sites (N-methyl/N-ethyl adjacent to an activating group) is 1. The molecule has 0 saturated carbocycles.